The van der Waals surface area contributed by atoms with E-state index < -0.39 is 0 Å². The number of hydrogen-bond acceptors (Lipinski definition) is 4. The molecule has 3 aromatic rings. The Morgan fingerprint density at radius 3 is 2.54 bits per heavy atom. The van der Waals surface area contributed by atoms with Gasteiger partial charge in [0.15, 0.2) is 5.11 Å². The van der Waals surface area contributed by atoms with Gasteiger partial charge in [-0.1, -0.05) is 59.3 Å². The maximum Gasteiger partial charge on any atom is 0.261 e. The van der Waals surface area contributed by atoms with Crippen molar-refractivity contribution in [2.24, 2.45) is 5.92 Å². The molecular formula is C29H30BrN3O3S. The van der Waals surface area contributed by atoms with E-state index in [1.165, 1.54) is 0 Å². The number of anilines is 1. The highest BCUT2D eigenvalue weighted by molar-refractivity contribution is 9.10. The zero-order valence-corrected chi connectivity index (χ0v) is 23.1. The van der Waals surface area contributed by atoms with E-state index in [0.29, 0.717) is 35.1 Å². The van der Waals surface area contributed by atoms with Crippen molar-refractivity contribution in [3.8, 4) is 5.75 Å². The molecular weight excluding hydrogens is 550 g/mol. The number of nitrogens with one attached hydrogen (secondary N) is 2. The Kier molecular flexibility index (Phi) is 9.30. The minimum atomic E-state index is -0.386. The van der Waals surface area contributed by atoms with Crippen molar-refractivity contribution >= 4 is 50.8 Å². The second-order valence-corrected chi connectivity index (χ2v) is 10.5. The monoisotopic (exact) mass is 579 g/mol. The number of amides is 2. The van der Waals surface area contributed by atoms with Gasteiger partial charge in [-0.05, 0) is 72.9 Å². The molecule has 0 atom stereocenters. The maximum atomic E-state index is 13.1. The fourth-order valence-corrected chi connectivity index (χ4v) is 4.76. The number of thiocarbonyl (C=S) groups is 1. The predicted octanol–water partition coefficient (Wildman–Crippen LogP) is 6.07. The average Bonchev–Trinajstić information content (AvgIpc) is 2.90. The Hall–Kier alpha value is -3.23. The first-order valence-corrected chi connectivity index (χ1v) is 13.6. The second-order valence-electron chi connectivity index (χ2n) is 9.19. The first kappa shape index (κ1) is 26.8. The molecule has 37 heavy (non-hydrogen) atoms. The van der Waals surface area contributed by atoms with E-state index in [9.17, 15) is 9.59 Å². The molecule has 0 unspecified atom stereocenters. The van der Waals surface area contributed by atoms with E-state index in [2.05, 4.69) is 33.5 Å². The van der Waals surface area contributed by atoms with Gasteiger partial charge in [0, 0.05) is 35.2 Å². The summed E-state index contributed by atoms with van der Waals surface area (Å²) in [5.74, 6) is 0.751. The molecule has 1 aliphatic rings. The normalized spacial score (nSPS) is 13.6. The Morgan fingerprint density at radius 1 is 1.03 bits per heavy atom. The highest BCUT2D eigenvalue weighted by Gasteiger charge is 2.22. The molecule has 1 saturated heterocycles. The van der Waals surface area contributed by atoms with E-state index in [1.807, 2.05) is 47.4 Å². The second kappa shape index (κ2) is 12.8. The highest BCUT2D eigenvalue weighted by atomic mass is 79.9. The summed E-state index contributed by atoms with van der Waals surface area (Å²) in [6.45, 7) is 4.20. The number of carbonyl (C=O) groups is 2. The van der Waals surface area contributed by atoms with Crippen LogP contribution in [0.3, 0.4) is 0 Å². The number of hydrogen-bond donors (Lipinski definition) is 2. The van der Waals surface area contributed by atoms with Crippen molar-refractivity contribution < 1.29 is 14.3 Å². The fraction of sp³-hybridized carbons (Fsp3) is 0.276. The van der Waals surface area contributed by atoms with E-state index >= 15 is 0 Å². The summed E-state index contributed by atoms with van der Waals surface area (Å²) in [6.07, 6.45) is 2.77. The lowest BCUT2D eigenvalue weighted by Gasteiger charge is -2.30. The average molecular weight is 581 g/mol. The van der Waals surface area contributed by atoms with Crippen molar-refractivity contribution in [2.75, 3.05) is 25.0 Å². The molecule has 6 nitrogen and oxygen atoms in total. The van der Waals surface area contributed by atoms with Gasteiger partial charge >= 0.3 is 0 Å². The van der Waals surface area contributed by atoms with Gasteiger partial charge < -0.3 is 15.0 Å². The Morgan fingerprint density at radius 2 is 1.78 bits per heavy atom. The van der Waals surface area contributed by atoms with Crippen LogP contribution in [0.4, 0.5) is 5.69 Å². The van der Waals surface area contributed by atoms with Crippen molar-refractivity contribution in [1.29, 1.82) is 0 Å². The summed E-state index contributed by atoms with van der Waals surface area (Å²) >= 11 is 8.82. The van der Waals surface area contributed by atoms with E-state index in [1.54, 1.807) is 30.3 Å². The summed E-state index contributed by atoms with van der Waals surface area (Å²) in [5.41, 5.74) is 2.76. The fourth-order valence-electron chi connectivity index (χ4n) is 4.19. The van der Waals surface area contributed by atoms with Gasteiger partial charge in [0.2, 0.25) is 0 Å². The maximum absolute atomic E-state index is 13.1. The number of ether oxygens (including phenoxy) is 1. The third-order valence-corrected chi connectivity index (χ3v) is 7.04. The summed E-state index contributed by atoms with van der Waals surface area (Å²) in [5, 5.41) is 5.88. The van der Waals surface area contributed by atoms with Crippen LogP contribution in [0.15, 0.2) is 77.3 Å². The van der Waals surface area contributed by atoms with Crippen LogP contribution >= 0.6 is 28.1 Å². The minimum absolute atomic E-state index is 0.0110. The molecule has 0 saturated carbocycles. The van der Waals surface area contributed by atoms with Crippen LogP contribution < -0.4 is 15.4 Å². The largest absolute Gasteiger partial charge is 0.492 e. The third-order valence-electron chi connectivity index (χ3n) is 6.34. The third kappa shape index (κ3) is 7.63. The van der Waals surface area contributed by atoms with Gasteiger partial charge in [0.1, 0.15) is 5.75 Å². The van der Waals surface area contributed by atoms with Gasteiger partial charge in [0.25, 0.3) is 11.8 Å². The Bertz CT molecular complexity index is 1260. The van der Waals surface area contributed by atoms with Crippen LogP contribution in [0.25, 0.3) is 0 Å². The lowest BCUT2D eigenvalue weighted by atomic mass is 9.98. The first-order chi connectivity index (χ1) is 17.9. The molecule has 0 radical (unpaired) electrons. The van der Waals surface area contributed by atoms with E-state index in [4.69, 9.17) is 17.0 Å². The van der Waals surface area contributed by atoms with Crippen LogP contribution in [-0.4, -0.2) is 41.5 Å². The van der Waals surface area contributed by atoms with Crippen LogP contribution in [0.5, 0.6) is 5.75 Å². The smallest absolute Gasteiger partial charge is 0.261 e. The lowest BCUT2D eigenvalue weighted by molar-refractivity contribution is 0.0697. The van der Waals surface area contributed by atoms with Gasteiger partial charge in [-0.3, -0.25) is 14.9 Å². The molecule has 0 aromatic heterocycles. The zero-order chi connectivity index (χ0) is 26.2. The Balaban J connectivity index is 1.36. The molecule has 1 fully saturated rings. The number of nitrogens with zero attached hydrogens (tertiary/aromatic N) is 1. The number of rotatable bonds is 7. The number of likely N-dealkylation sites (tertiary alicyclic amines) is 1. The first-order valence-electron chi connectivity index (χ1n) is 12.4. The van der Waals surface area contributed by atoms with Crippen molar-refractivity contribution in [1.82, 2.24) is 10.2 Å². The summed E-state index contributed by atoms with van der Waals surface area (Å²) < 4.78 is 6.69. The topological polar surface area (TPSA) is 70.7 Å². The molecule has 1 heterocycles. The van der Waals surface area contributed by atoms with Gasteiger partial charge in [-0.2, -0.15) is 0 Å². The Labute approximate surface area is 231 Å². The molecule has 2 N–H and O–H groups in total. The molecule has 3 aromatic carbocycles. The SMILES string of the molecule is CC1CCN(C(=O)c2cccc(NC(=S)NC(=O)c3cc(Br)ccc3OCCc3ccccc3)c2)CC1. The minimum Gasteiger partial charge on any atom is -0.492 e. The van der Waals surface area contributed by atoms with E-state index in [-0.39, 0.29) is 16.9 Å². The lowest BCUT2D eigenvalue weighted by Crippen LogP contribution is -2.38. The molecule has 0 bridgehead atoms. The van der Waals surface area contributed by atoms with Crippen LogP contribution in [0.2, 0.25) is 0 Å². The number of carbonyl (C=O) groups excluding carboxylic acids is 2. The van der Waals surface area contributed by atoms with Crippen LogP contribution in [0.1, 0.15) is 46.0 Å². The molecule has 0 spiro atoms. The van der Waals surface area contributed by atoms with Crippen molar-refractivity contribution in [2.45, 2.75) is 26.2 Å². The van der Waals surface area contributed by atoms with Crippen LogP contribution in [-0.2, 0) is 6.42 Å². The zero-order valence-electron chi connectivity index (χ0n) is 20.7. The summed E-state index contributed by atoms with van der Waals surface area (Å²) in [6, 6.07) is 22.5. The van der Waals surface area contributed by atoms with Crippen molar-refractivity contribution in [3.63, 3.8) is 0 Å². The molecule has 8 heteroatoms. The molecule has 1 aliphatic heterocycles. The summed E-state index contributed by atoms with van der Waals surface area (Å²) in [7, 11) is 0. The van der Waals surface area contributed by atoms with Crippen molar-refractivity contribution in [3.05, 3.63) is 94.0 Å². The molecule has 0 aliphatic carbocycles. The number of piperidine rings is 1. The number of halogens is 1. The van der Waals surface area contributed by atoms with Gasteiger partial charge in [-0.25, -0.2) is 0 Å². The van der Waals surface area contributed by atoms with Gasteiger partial charge in [0.05, 0.1) is 12.2 Å². The molecule has 192 valence electrons. The molecule has 4 rings (SSSR count). The standard InChI is InChI=1S/C29H30BrN3O3S/c1-20-12-15-33(16-13-20)28(35)22-8-5-9-24(18-22)31-29(37)32-27(34)25-19-23(30)10-11-26(25)36-17-14-21-6-3-2-4-7-21/h2-11,18-20H,12-17H2,1H3,(H2,31,32,34,37). The summed E-state index contributed by atoms with van der Waals surface area (Å²) in [4.78, 5) is 27.9. The quantitative estimate of drug-likeness (QED) is 0.332. The highest BCUT2D eigenvalue weighted by Crippen LogP contribution is 2.24. The van der Waals surface area contributed by atoms with Crippen LogP contribution in [0, 0.1) is 5.92 Å². The van der Waals surface area contributed by atoms with E-state index in [0.717, 1.165) is 42.4 Å². The van der Waals surface area contributed by atoms with Gasteiger partial charge in [-0.15, -0.1) is 0 Å². The molecule has 2 amide bonds. The number of benzene rings is 3. The predicted molar refractivity (Wildman–Crippen MR) is 154 cm³/mol.